The smallest absolute Gasteiger partial charge is 0.366 e. The average molecular weight is 261 g/mol. The largest absolute Gasteiger partial charge is 0.417 e. The topological polar surface area (TPSA) is 50.9 Å². The number of aromatic nitrogens is 1. The number of rotatable bonds is 6. The van der Waals surface area contributed by atoms with Crippen LogP contribution in [-0.4, -0.2) is 17.6 Å². The normalized spacial score (nSPS) is 13.4. The summed E-state index contributed by atoms with van der Waals surface area (Å²) in [5.41, 5.74) is 4.85. The summed E-state index contributed by atoms with van der Waals surface area (Å²) in [5.74, 6) is 0.426. The predicted molar refractivity (Wildman–Crippen MR) is 65.2 cm³/mol. The van der Waals surface area contributed by atoms with Crippen LogP contribution in [0.3, 0.4) is 0 Å². The van der Waals surface area contributed by atoms with Crippen molar-refractivity contribution < 1.29 is 13.2 Å². The summed E-state index contributed by atoms with van der Waals surface area (Å²) >= 11 is 0. The molecule has 0 saturated heterocycles. The van der Waals surface area contributed by atoms with Gasteiger partial charge in [0.15, 0.2) is 0 Å². The van der Waals surface area contributed by atoms with Gasteiger partial charge >= 0.3 is 6.18 Å². The Bertz CT molecular complexity index is 349. The lowest BCUT2D eigenvalue weighted by Gasteiger charge is -2.17. The van der Waals surface area contributed by atoms with Gasteiger partial charge in [-0.1, -0.05) is 19.8 Å². The van der Waals surface area contributed by atoms with E-state index in [-0.39, 0.29) is 6.04 Å². The highest BCUT2D eigenvalue weighted by Gasteiger charge is 2.30. The third-order valence-electron chi connectivity index (χ3n) is 2.63. The van der Waals surface area contributed by atoms with Crippen molar-refractivity contribution in [3.8, 4) is 0 Å². The fourth-order valence-electron chi connectivity index (χ4n) is 1.56. The first-order valence-corrected chi connectivity index (χ1v) is 5.97. The van der Waals surface area contributed by atoms with Crippen LogP contribution in [0.5, 0.6) is 0 Å². The first-order chi connectivity index (χ1) is 8.47. The SMILES string of the molecule is CCCCC(CN)Nc1ccc(C(F)(F)F)cn1. The van der Waals surface area contributed by atoms with Crippen LogP contribution < -0.4 is 11.1 Å². The molecular weight excluding hydrogens is 243 g/mol. The molecule has 1 unspecified atom stereocenters. The van der Waals surface area contributed by atoms with Crippen LogP contribution in [0.25, 0.3) is 0 Å². The molecule has 1 heterocycles. The van der Waals surface area contributed by atoms with Crippen LogP contribution in [0.1, 0.15) is 31.7 Å². The van der Waals surface area contributed by atoms with Crippen molar-refractivity contribution in [2.24, 2.45) is 5.73 Å². The molecule has 0 bridgehead atoms. The Morgan fingerprint density at radius 3 is 2.56 bits per heavy atom. The quantitative estimate of drug-likeness (QED) is 0.827. The maximum Gasteiger partial charge on any atom is 0.417 e. The molecule has 0 saturated carbocycles. The monoisotopic (exact) mass is 261 g/mol. The van der Waals surface area contributed by atoms with Crippen LogP contribution in [0.4, 0.5) is 19.0 Å². The summed E-state index contributed by atoms with van der Waals surface area (Å²) in [4.78, 5) is 3.75. The Morgan fingerprint density at radius 1 is 1.39 bits per heavy atom. The molecule has 3 nitrogen and oxygen atoms in total. The third kappa shape index (κ3) is 4.52. The number of hydrogen-bond acceptors (Lipinski definition) is 3. The molecule has 1 aromatic heterocycles. The second-order valence-corrected chi connectivity index (χ2v) is 4.15. The standard InChI is InChI=1S/C12H18F3N3/c1-2-3-4-10(7-16)18-11-6-5-9(8-17-11)12(13,14)15/h5-6,8,10H,2-4,7,16H2,1H3,(H,17,18). The number of nitrogens with zero attached hydrogens (tertiary/aromatic N) is 1. The summed E-state index contributed by atoms with van der Waals surface area (Å²) in [7, 11) is 0. The molecule has 0 aliphatic rings. The number of hydrogen-bond donors (Lipinski definition) is 2. The van der Waals surface area contributed by atoms with Gasteiger partial charge in [-0.15, -0.1) is 0 Å². The van der Waals surface area contributed by atoms with Gasteiger partial charge in [0.05, 0.1) is 5.56 Å². The van der Waals surface area contributed by atoms with Gasteiger partial charge in [-0.3, -0.25) is 0 Å². The predicted octanol–water partition coefficient (Wildman–Crippen LogP) is 3.03. The molecule has 0 amide bonds. The molecule has 0 radical (unpaired) electrons. The molecule has 0 aromatic carbocycles. The van der Waals surface area contributed by atoms with E-state index in [1.807, 2.05) is 0 Å². The highest BCUT2D eigenvalue weighted by molar-refractivity contribution is 5.37. The van der Waals surface area contributed by atoms with Gasteiger partial charge < -0.3 is 11.1 Å². The van der Waals surface area contributed by atoms with Crippen LogP contribution in [-0.2, 0) is 6.18 Å². The van der Waals surface area contributed by atoms with Crippen LogP contribution in [0.2, 0.25) is 0 Å². The molecule has 0 spiro atoms. The molecule has 6 heteroatoms. The van der Waals surface area contributed by atoms with Crippen molar-refractivity contribution >= 4 is 5.82 Å². The lowest BCUT2D eigenvalue weighted by molar-refractivity contribution is -0.137. The Morgan fingerprint density at radius 2 is 2.11 bits per heavy atom. The average Bonchev–Trinajstić information content (AvgIpc) is 2.34. The van der Waals surface area contributed by atoms with E-state index in [9.17, 15) is 13.2 Å². The van der Waals surface area contributed by atoms with Crippen molar-refractivity contribution in [2.45, 2.75) is 38.4 Å². The van der Waals surface area contributed by atoms with Gasteiger partial charge in [-0.25, -0.2) is 4.98 Å². The van der Waals surface area contributed by atoms with Crippen molar-refractivity contribution in [1.82, 2.24) is 4.98 Å². The fraction of sp³-hybridized carbons (Fsp3) is 0.583. The zero-order valence-corrected chi connectivity index (χ0v) is 10.3. The summed E-state index contributed by atoms with van der Waals surface area (Å²) in [6.07, 6.45) is -0.555. The Balaban J connectivity index is 2.62. The summed E-state index contributed by atoms with van der Waals surface area (Å²) in [6.45, 7) is 2.51. The minimum absolute atomic E-state index is 0.0502. The second-order valence-electron chi connectivity index (χ2n) is 4.15. The van der Waals surface area contributed by atoms with E-state index in [1.54, 1.807) is 0 Å². The van der Waals surface area contributed by atoms with Crippen molar-refractivity contribution in [1.29, 1.82) is 0 Å². The van der Waals surface area contributed by atoms with Gasteiger partial charge in [0.1, 0.15) is 5.82 Å². The van der Waals surface area contributed by atoms with Gasteiger partial charge in [0.2, 0.25) is 0 Å². The number of halogens is 3. The summed E-state index contributed by atoms with van der Waals surface area (Å²) < 4.78 is 37.0. The molecule has 102 valence electrons. The minimum atomic E-state index is -4.35. The molecule has 3 N–H and O–H groups in total. The lowest BCUT2D eigenvalue weighted by atomic mass is 10.1. The van der Waals surface area contributed by atoms with Crippen LogP contribution in [0.15, 0.2) is 18.3 Å². The van der Waals surface area contributed by atoms with Gasteiger partial charge in [0, 0.05) is 18.8 Å². The maximum absolute atomic E-state index is 12.3. The van der Waals surface area contributed by atoms with Crippen LogP contribution in [0, 0.1) is 0 Å². The molecule has 0 aliphatic carbocycles. The zero-order chi connectivity index (χ0) is 13.6. The van der Waals surface area contributed by atoms with Gasteiger partial charge in [-0.05, 0) is 18.6 Å². The number of anilines is 1. The highest BCUT2D eigenvalue weighted by atomic mass is 19.4. The number of pyridine rings is 1. The number of unbranched alkanes of at least 4 members (excludes halogenated alkanes) is 1. The van der Waals surface area contributed by atoms with Crippen molar-refractivity contribution in [3.63, 3.8) is 0 Å². The van der Waals surface area contributed by atoms with E-state index in [2.05, 4.69) is 17.2 Å². The maximum atomic E-state index is 12.3. The molecule has 0 aliphatic heterocycles. The molecule has 1 aromatic rings. The Labute approximate surface area is 105 Å². The minimum Gasteiger partial charge on any atom is -0.366 e. The Hall–Kier alpha value is -1.30. The summed E-state index contributed by atoms with van der Waals surface area (Å²) in [5, 5.41) is 3.04. The van der Waals surface area contributed by atoms with E-state index >= 15 is 0 Å². The van der Waals surface area contributed by atoms with Gasteiger partial charge in [-0.2, -0.15) is 13.2 Å². The zero-order valence-electron chi connectivity index (χ0n) is 10.3. The van der Waals surface area contributed by atoms with E-state index < -0.39 is 11.7 Å². The molecule has 18 heavy (non-hydrogen) atoms. The van der Waals surface area contributed by atoms with Crippen molar-refractivity contribution in [2.75, 3.05) is 11.9 Å². The molecular formula is C12H18F3N3. The van der Waals surface area contributed by atoms with E-state index in [0.29, 0.717) is 12.4 Å². The number of alkyl halides is 3. The van der Waals surface area contributed by atoms with E-state index in [1.165, 1.54) is 6.07 Å². The second kappa shape index (κ2) is 6.58. The number of nitrogens with one attached hydrogen (secondary N) is 1. The van der Waals surface area contributed by atoms with Gasteiger partial charge in [0.25, 0.3) is 0 Å². The highest BCUT2D eigenvalue weighted by Crippen LogP contribution is 2.28. The number of nitrogens with two attached hydrogens (primary N) is 1. The third-order valence-corrected chi connectivity index (χ3v) is 2.63. The lowest BCUT2D eigenvalue weighted by Crippen LogP contribution is -2.29. The fourth-order valence-corrected chi connectivity index (χ4v) is 1.56. The Kier molecular flexibility index (Phi) is 5.40. The molecule has 1 rings (SSSR count). The first-order valence-electron chi connectivity index (χ1n) is 5.97. The first kappa shape index (κ1) is 14.8. The summed E-state index contributed by atoms with van der Waals surface area (Å²) in [6, 6.07) is 2.40. The molecule has 0 fully saturated rings. The van der Waals surface area contributed by atoms with E-state index in [4.69, 9.17) is 5.73 Å². The van der Waals surface area contributed by atoms with E-state index in [0.717, 1.165) is 31.5 Å². The van der Waals surface area contributed by atoms with Crippen LogP contribution >= 0.6 is 0 Å². The molecule has 1 atom stereocenters. The van der Waals surface area contributed by atoms with Crippen molar-refractivity contribution in [3.05, 3.63) is 23.9 Å².